The normalized spacial score (nSPS) is 16.5. The van der Waals surface area contributed by atoms with Crippen molar-refractivity contribution in [3.63, 3.8) is 0 Å². The topological polar surface area (TPSA) is 0 Å². The molecule has 4 aromatic rings. The van der Waals surface area contributed by atoms with Gasteiger partial charge in [-0.15, -0.1) is 11.8 Å². The van der Waals surface area contributed by atoms with Crippen molar-refractivity contribution >= 4 is 41.4 Å². The van der Waals surface area contributed by atoms with E-state index < -0.39 is 8.07 Å². The molecule has 33 heavy (non-hydrogen) atoms. The molecule has 0 aliphatic heterocycles. The minimum atomic E-state index is -1.30. The molecule has 0 saturated heterocycles. The fraction of sp³-hybridized carbons (Fsp3) is 0.355. The molecule has 1 atom stereocenters. The van der Waals surface area contributed by atoms with Gasteiger partial charge in [0.2, 0.25) is 0 Å². The van der Waals surface area contributed by atoms with Crippen molar-refractivity contribution in [2.75, 3.05) is 0 Å². The molecule has 170 valence electrons. The summed E-state index contributed by atoms with van der Waals surface area (Å²) in [5.41, 5.74) is 7.48. The number of hydrogen-bond acceptors (Lipinski definition) is 1. The molecule has 0 nitrogen and oxygen atoms in total. The van der Waals surface area contributed by atoms with E-state index >= 15 is 0 Å². The van der Waals surface area contributed by atoms with Gasteiger partial charge in [0, 0.05) is 18.1 Å². The minimum Gasteiger partial charge on any atom is -0.148 e. The van der Waals surface area contributed by atoms with Crippen molar-refractivity contribution in [3.05, 3.63) is 83.4 Å². The summed E-state index contributed by atoms with van der Waals surface area (Å²) >= 11 is 2.14. The molecule has 0 N–H and O–H groups in total. The fourth-order valence-electron chi connectivity index (χ4n) is 5.52. The highest BCUT2D eigenvalue weighted by atomic mass is 32.2. The highest BCUT2D eigenvalue weighted by Crippen LogP contribution is 2.50. The van der Waals surface area contributed by atoms with Gasteiger partial charge >= 0.3 is 0 Å². The third kappa shape index (κ3) is 4.53. The minimum absolute atomic E-state index is 0.274. The van der Waals surface area contributed by atoms with E-state index in [2.05, 4.69) is 119 Å². The van der Waals surface area contributed by atoms with Crippen molar-refractivity contribution in [2.24, 2.45) is 0 Å². The van der Waals surface area contributed by atoms with Gasteiger partial charge in [-0.2, -0.15) is 0 Å². The van der Waals surface area contributed by atoms with E-state index in [0.29, 0.717) is 5.25 Å². The van der Waals surface area contributed by atoms with Crippen LogP contribution >= 0.6 is 11.8 Å². The first-order valence-electron chi connectivity index (χ1n) is 12.3. The van der Waals surface area contributed by atoms with E-state index in [4.69, 9.17) is 0 Å². The molecule has 1 aliphatic carbocycles. The van der Waals surface area contributed by atoms with E-state index in [-0.39, 0.29) is 4.75 Å². The van der Waals surface area contributed by atoms with E-state index in [9.17, 15) is 0 Å². The van der Waals surface area contributed by atoms with Crippen LogP contribution in [0.2, 0.25) is 19.6 Å². The number of rotatable bonds is 4. The molecule has 0 radical (unpaired) electrons. The Balaban J connectivity index is 1.87. The second-order valence-corrected chi connectivity index (χ2v) is 19.4. The van der Waals surface area contributed by atoms with E-state index in [1.54, 1.807) is 16.7 Å². The van der Waals surface area contributed by atoms with E-state index in [1.807, 2.05) is 0 Å². The van der Waals surface area contributed by atoms with Gasteiger partial charge in [0.05, 0.1) is 0 Å². The lowest BCUT2D eigenvalue weighted by atomic mass is 9.87. The Morgan fingerprint density at radius 3 is 2.15 bits per heavy atom. The van der Waals surface area contributed by atoms with Gasteiger partial charge in [0.15, 0.2) is 0 Å². The zero-order valence-electron chi connectivity index (χ0n) is 21.0. The highest BCUT2D eigenvalue weighted by Gasteiger charge is 2.29. The Bertz CT molecular complexity index is 1320. The predicted molar refractivity (Wildman–Crippen MR) is 152 cm³/mol. The molecule has 0 bridgehead atoms. The zero-order chi connectivity index (χ0) is 23.4. The summed E-state index contributed by atoms with van der Waals surface area (Å²) in [5.74, 6) is 0. The van der Waals surface area contributed by atoms with Crippen molar-refractivity contribution in [2.45, 2.75) is 69.3 Å². The SMILES string of the molecule is CC(C)(C)SC1CCc2cc3c(C[Si](C)(C)C)c4ccccc4c(-c4ccccc4)c3cc21. The Kier molecular flexibility index (Phi) is 5.74. The number of aryl methyl sites for hydroxylation is 1. The molecule has 1 unspecified atom stereocenters. The van der Waals surface area contributed by atoms with Crippen LogP contribution in [0, 0.1) is 0 Å². The molecule has 4 aromatic carbocycles. The quantitative estimate of drug-likeness (QED) is 0.212. The lowest BCUT2D eigenvalue weighted by Crippen LogP contribution is -2.24. The van der Waals surface area contributed by atoms with Crippen LogP contribution in [0.15, 0.2) is 66.7 Å². The summed E-state index contributed by atoms with van der Waals surface area (Å²) in [4.78, 5) is 0. The second-order valence-electron chi connectivity index (χ2n) is 11.9. The van der Waals surface area contributed by atoms with Gasteiger partial charge < -0.3 is 0 Å². The summed E-state index contributed by atoms with van der Waals surface area (Å²) in [6.45, 7) is 14.6. The molecule has 0 aromatic heterocycles. The average Bonchev–Trinajstić information content (AvgIpc) is 3.12. The molecular weight excluding hydrogens is 432 g/mol. The summed E-state index contributed by atoms with van der Waals surface area (Å²) in [6, 6.07) is 26.6. The summed E-state index contributed by atoms with van der Waals surface area (Å²) in [5, 5.41) is 6.40. The Labute approximate surface area is 204 Å². The monoisotopic (exact) mass is 468 g/mol. The molecule has 0 amide bonds. The van der Waals surface area contributed by atoms with Crippen LogP contribution in [-0.2, 0) is 12.5 Å². The molecule has 0 heterocycles. The maximum atomic E-state index is 2.59. The molecular formula is C31H36SSi. The first-order chi connectivity index (χ1) is 15.6. The second kappa shape index (κ2) is 8.32. The Morgan fingerprint density at radius 2 is 1.48 bits per heavy atom. The Morgan fingerprint density at radius 1 is 0.818 bits per heavy atom. The number of thioether (sulfide) groups is 1. The van der Waals surface area contributed by atoms with Crippen molar-refractivity contribution in [3.8, 4) is 11.1 Å². The van der Waals surface area contributed by atoms with Crippen molar-refractivity contribution in [1.82, 2.24) is 0 Å². The number of benzene rings is 4. The first kappa shape index (κ1) is 22.7. The largest absolute Gasteiger partial charge is 0.148 e. The van der Waals surface area contributed by atoms with Crippen LogP contribution in [0.5, 0.6) is 0 Å². The Hall–Kier alpha value is -2.03. The summed E-state index contributed by atoms with van der Waals surface area (Å²) < 4.78 is 0.274. The molecule has 0 spiro atoms. The number of hydrogen-bond donors (Lipinski definition) is 0. The van der Waals surface area contributed by atoms with Crippen molar-refractivity contribution in [1.29, 1.82) is 0 Å². The van der Waals surface area contributed by atoms with Crippen LogP contribution in [0.1, 0.15) is 49.1 Å². The third-order valence-electron chi connectivity index (χ3n) is 6.68. The summed E-state index contributed by atoms with van der Waals surface area (Å²) in [6.07, 6.45) is 2.47. The molecule has 5 rings (SSSR count). The molecule has 2 heteroatoms. The maximum Gasteiger partial charge on any atom is 0.0487 e. The van der Waals surface area contributed by atoms with Gasteiger partial charge in [-0.25, -0.2) is 0 Å². The van der Waals surface area contributed by atoms with E-state index in [1.165, 1.54) is 51.6 Å². The van der Waals surface area contributed by atoms with Gasteiger partial charge in [-0.3, -0.25) is 0 Å². The zero-order valence-corrected chi connectivity index (χ0v) is 22.8. The lowest BCUT2D eigenvalue weighted by molar-refractivity contribution is 0.781. The molecule has 1 aliphatic rings. The van der Waals surface area contributed by atoms with Gasteiger partial charge in [-0.1, -0.05) is 101 Å². The third-order valence-corrected chi connectivity index (χ3v) is 9.58. The van der Waals surface area contributed by atoms with Crippen LogP contribution in [0.25, 0.3) is 32.7 Å². The number of fused-ring (bicyclic) bond motifs is 3. The van der Waals surface area contributed by atoms with Crippen LogP contribution in [0.3, 0.4) is 0 Å². The summed E-state index contributed by atoms with van der Waals surface area (Å²) in [7, 11) is -1.30. The highest BCUT2D eigenvalue weighted by molar-refractivity contribution is 8.00. The van der Waals surface area contributed by atoms with Gasteiger partial charge in [0.25, 0.3) is 0 Å². The average molecular weight is 469 g/mol. The predicted octanol–water partition coefficient (Wildman–Crippen LogP) is 9.60. The maximum absolute atomic E-state index is 2.59. The van der Waals surface area contributed by atoms with Crippen LogP contribution in [-0.4, -0.2) is 12.8 Å². The fourth-order valence-corrected chi connectivity index (χ4v) is 8.39. The first-order valence-corrected chi connectivity index (χ1v) is 16.9. The van der Waals surface area contributed by atoms with E-state index in [0.717, 1.165) is 0 Å². The van der Waals surface area contributed by atoms with Gasteiger partial charge in [0.1, 0.15) is 0 Å². The van der Waals surface area contributed by atoms with Gasteiger partial charge in [-0.05, 0) is 74.3 Å². The van der Waals surface area contributed by atoms with Crippen LogP contribution < -0.4 is 0 Å². The van der Waals surface area contributed by atoms with Crippen LogP contribution in [0.4, 0.5) is 0 Å². The lowest BCUT2D eigenvalue weighted by Gasteiger charge is -2.25. The molecule has 0 fully saturated rings. The smallest absolute Gasteiger partial charge is 0.0487 e. The standard InChI is InChI=1S/C31H36SSi/c1-31(2,3)32-29-17-16-22-18-26-27(19-25(22)29)30(21-12-8-7-9-13-21)24-15-11-10-14-23(24)28(26)20-33(4,5)6/h7-15,18-19,29H,16-17,20H2,1-6H3. The molecule has 0 saturated carbocycles. The van der Waals surface area contributed by atoms with Crippen molar-refractivity contribution < 1.29 is 0 Å².